The van der Waals surface area contributed by atoms with E-state index in [4.69, 9.17) is 18.7 Å². The number of methoxy groups -OCH3 is 3. The predicted molar refractivity (Wildman–Crippen MR) is 99.2 cm³/mol. The summed E-state index contributed by atoms with van der Waals surface area (Å²) < 4.78 is 34.0. The quantitative estimate of drug-likeness (QED) is 0.670. The number of benzene rings is 2. The molecule has 0 bridgehead atoms. The van der Waals surface area contributed by atoms with Crippen molar-refractivity contribution < 1.29 is 27.9 Å². The van der Waals surface area contributed by atoms with E-state index in [9.17, 15) is 9.18 Å². The number of aromatic nitrogens is 1. The van der Waals surface area contributed by atoms with E-state index in [-0.39, 0.29) is 18.3 Å². The van der Waals surface area contributed by atoms with Gasteiger partial charge in [0.2, 0.25) is 5.75 Å². The van der Waals surface area contributed by atoms with E-state index in [0.29, 0.717) is 39.8 Å². The van der Waals surface area contributed by atoms with Crippen molar-refractivity contribution in [2.24, 2.45) is 0 Å². The zero-order chi connectivity index (χ0) is 20.1. The standard InChI is InChI=1S/C20H19FN2O5/c1-25-17-8-13(9-18(26-2)19(17)27-3)20(24)22-11-15-10-16(28-23-15)12-4-6-14(21)7-5-12/h4-10H,11H2,1-3H3,(H,22,24). The number of ether oxygens (including phenoxy) is 3. The lowest BCUT2D eigenvalue weighted by atomic mass is 10.1. The lowest BCUT2D eigenvalue weighted by Gasteiger charge is -2.13. The van der Waals surface area contributed by atoms with Gasteiger partial charge < -0.3 is 24.1 Å². The molecule has 3 rings (SSSR count). The van der Waals surface area contributed by atoms with Crippen molar-refractivity contribution in [3.05, 3.63) is 59.5 Å². The van der Waals surface area contributed by atoms with Gasteiger partial charge in [0.05, 0.1) is 27.9 Å². The van der Waals surface area contributed by atoms with Crippen LogP contribution in [0.15, 0.2) is 47.0 Å². The van der Waals surface area contributed by atoms with Gasteiger partial charge in [0.25, 0.3) is 5.91 Å². The zero-order valence-electron chi connectivity index (χ0n) is 15.6. The maximum absolute atomic E-state index is 13.0. The summed E-state index contributed by atoms with van der Waals surface area (Å²) in [7, 11) is 4.44. The van der Waals surface area contributed by atoms with Crippen molar-refractivity contribution in [3.8, 4) is 28.6 Å². The summed E-state index contributed by atoms with van der Waals surface area (Å²) in [4.78, 5) is 12.5. The molecule has 1 heterocycles. The minimum atomic E-state index is -0.342. The second kappa shape index (κ2) is 8.43. The van der Waals surface area contributed by atoms with Crippen LogP contribution in [0.2, 0.25) is 0 Å². The average Bonchev–Trinajstić information content (AvgIpc) is 3.20. The molecule has 0 radical (unpaired) electrons. The Morgan fingerprint density at radius 2 is 1.68 bits per heavy atom. The van der Waals surface area contributed by atoms with Crippen molar-refractivity contribution in [1.82, 2.24) is 10.5 Å². The number of carbonyl (C=O) groups excluding carboxylic acids is 1. The van der Waals surface area contributed by atoms with Gasteiger partial charge in [-0.3, -0.25) is 4.79 Å². The maximum atomic E-state index is 13.0. The van der Waals surface area contributed by atoms with Crippen molar-refractivity contribution >= 4 is 5.91 Å². The summed E-state index contributed by atoms with van der Waals surface area (Å²) in [6.45, 7) is 0.153. The molecule has 1 aromatic heterocycles. The Kier molecular flexibility index (Phi) is 5.78. The van der Waals surface area contributed by atoms with Crippen molar-refractivity contribution in [3.63, 3.8) is 0 Å². The molecule has 3 aromatic rings. The molecule has 0 saturated carbocycles. The van der Waals surface area contributed by atoms with Crippen molar-refractivity contribution in [1.29, 1.82) is 0 Å². The molecule has 0 aliphatic heterocycles. The Bertz CT molecular complexity index is 944. The maximum Gasteiger partial charge on any atom is 0.251 e. The summed E-state index contributed by atoms with van der Waals surface area (Å²) in [5.41, 5.74) is 1.56. The number of carbonyl (C=O) groups is 1. The van der Waals surface area contributed by atoms with E-state index >= 15 is 0 Å². The van der Waals surface area contributed by atoms with Gasteiger partial charge in [-0.25, -0.2) is 4.39 Å². The van der Waals surface area contributed by atoms with E-state index in [1.54, 1.807) is 30.3 Å². The summed E-state index contributed by atoms with van der Waals surface area (Å²) in [5, 5.41) is 6.68. The highest BCUT2D eigenvalue weighted by atomic mass is 19.1. The molecule has 1 amide bonds. The Hall–Kier alpha value is -3.55. The topological polar surface area (TPSA) is 82.8 Å². The molecule has 7 nitrogen and oxygen atoms in total. The van der Waals surface area contributed by atoms with Crippen LogP contribution in [0.5, 0.6) is 17.2 Å². The first-order valence-electron chi connectivity index (χ1n) is 8.35. The van der Waals surface area contributed by atoms with Crippen molar-refractivity contribution in [2.75, 3.05) is 21.3 Å². The second-order valence-electron chi connectivity index (χ2n) is 5.79. The van der Waals surface area contributed by atoms with E-state index in [2.05, 4.69) is 10.5 Å². The molecule has 0 aliphatic rings. The first-order chi connectivity index (χ1) is 13.5. The second-order valence-corrected chi connectivity index (χ2v) is 5.79. The minimum Gasteiger partial charge on any atom is -0.493 e. The minimum absolute atomic E-state index is 0.153. The number of hydrogen-bond donors (Lipinski definition) is 1. The van der Waals surface area contributed by atoms with E-state index < -0.39 is 0 Å². The zero-order valence-corrected chi connectivity index (χ0v) is 15.6. The first kappa shape index (κ1) is 19.2. The summed E-state index contributed by atoms with van der Waals surface area (Å²) in [6.07, 6.45) is 0. The van der Waals surface area contributed by atoms with Crippen LogP contribution >= 0.6 is 0 Å². The number of halogens is 1. The highest BCUT2D eigenvalue weighted by Crippen LogP contribution is 2.38. The fourth-order valence-corrected chi connectivity index (χ4v) is 2.63. The van der Waals surface area contributed by atoms with Gasteiger partial charge in [0.15, 0.2) is 17.3 Å². The lowest BCUT2D eigenvalue weighted by Crippen LogP contribution is -2.23. The van der Waals surface area contributed by atoms with Gasteiger partial charge in [-0.1, -0.05) is 5.16 Å². The normalized spacial score (nSPS) is 10.4. The monoisotopic (exact) mass is 386 g/mol. The van der Waals surface area contributed by atoms with Gasteiger partial charge in [0, 0.05) is 17.2 Å². The van der Waals surface area contributed by atoms with E-state index in [1.807, 2.05) is 0 Å². The molecule has 146 valence electrons. The first-order valence-corrected chi connectivity index (χ1v) is 8.35. The van der Waals surface area contributed by atoms with Crippen LogP contribution in [0.4, 0.5) is 4.39 Å². The number of rotatable bonds is 7. The molecule has 28 heavy (non-hydrogen) atoms. The highest BCUT2D eigenvalue weighted by molar-refractivity contribution is 5.95. The summed E-state index contributed by atoms with van der Waals surface area (Å²) in [6, 6.07) is 10.7. The fourth-order valence-electron chi connectivity index (χ4n) is 2.63. The van der Waals surface area contributed by atoms with Crippen molar-refractivity contribution in [2.45, 2.75) is 6.54 Å². The molecule has 2 aromatic carbocycles. The Morgan fingerprint density at radius 3 is 2.25 bits per heavy atom. The molecule has 0 spiro atoms. The number of hydrogen-bond acceptors (Lipinski definition) is 6. The van der Waals surface area contributed by atoms with Crippen LogP contribution in [-0.2, 0) is 6.54 Å². The fraction of sp³-hybridized carbons (Fsp3) is 0.200. The Morgan fingerprint density at radius 1 is 1.04 bits per heavy atom. The van der Waals surface area contributed by atoms with E-state index in [1.165, 1.54) is 33.5 Å². The molecule has 0 fully saturated rings. The molecule has 0 atom stereocenters. The number of nitrogens with one attached hydrogen (secondary N) is 1. The van der Waals surface area contributed by atoms with E-state index in [0.717, 1.165) is 0 Å². The number of amides is 1. The molecule has 0 unspecified atom stereocenters. The molecule has 0 saturated heterocycles. The number of nitrogens with zero attached hydrogens (tertiary/aromatic N) is 1. The highest BCUT2D eigenvalue weighted by Gasteiger charge is 2.17. The Balaban J connectivity index is 1.71. The smallest absolute Gasteiger partial charge is 0.251 e. The largest absolute Gasteiger partial charge is 0.493 e. The third-order valence-electron chi connectivity index (χ3n) is 4.04. The molecule has 8 heteroatoms. The third kappa shape index (κ3) is 4.06. The summed E-state index contributed by atoms with van der Waals surface area (Å²) in [5.74, 6) is 0.977. The van der Waals surface area contributed by atoms with Gasteiger partial charge in [0.1, 0.15) is 11.5 Å². The van der Waals surface area contributed by atoms with Crippen LogP contribution in [0.1, 0.15) is 16.1 Å². The summed E-state index contributed by atoms with van der Waals surface area (Å²) >= 11 is 0. The molecule has 0 aliphatic carbocycles. The van der Waals surface area contributed by atoms with Gasteiger partial charge in [-0.05, 0) is 36.4 Å². The Labute approximate surface area is 161 Å². The van der Waals surface area contributed by atoms with Crippen LogP contribution in [0.25, 0.3) is 11.3 Å². The van der Waals surface area contributed by atoms with Crippen LogP contribution < -0.4 is 19.5 Å². The van der Waals surface area contributed by atoms with Crippen LogP contribution in [-0.4, -0.2) is 32.4 Å². The van der Waals surface area contributed by atoms with Gasteiger partial charge >= 0.3 is 0 Å². The average molecular weight is 386 g/mol. The lowest BCUT2D eigenvalue weighted by molar-refractivity contribution is 0.0949. The van der Waals surface area contributed by atoms with Gasteiger partial charge in [-0.15, -0.1) is 0 Å². The van der Waals surface area contributed by atoms with Gasteiger partial charge in [-0.2, -0.15) is 0 Å². The van der Waals surface area contributed by atoms with Crippen LogP contribution in [0, 0.1) is 5.82 Å². The molecule has 1 N–H and O–H groups in total. The van der Waals surface area contributed by atoms with Crippen LogP contribution in [0.3, 0.4) is 0 Å². The SMILES string of the molecule is COc1cc(C(=O)NCc2cc(-c3ccc(F)cc3)on2)cc(OC)c1OC. The molecular weight excluding hydrogens is 367 g/mol. The molecular formula is C20H19FN2O5. The third-order valence-corrected chi connectivity index (χ3v) is 4.04. The predicted octanol–water partition coefficient (Wildman–Crippen LogP) is 3.44.